The van der Waals surface area contributed by atoms with Crippen LogP contribution in [0, 0.1) is 0 Å². The Morgan fingerprint density at radius 2 is 1.69 bits per heavy atom. The molecule has 0 atom stereocenters. The zero-order chi connectivity index (χ0) is 18.2. The molecule has 1 fully saturated rings. The van der Waals surface area contributed by atoms with Crippen molar-refractivity contribution >= 4 is 23.3 Å². The Kier molecular flexibility index (Phi) is 6.76. The van der Waals surface area contributed by atoms with Crippen molar-refractivity contribution in [1.82, 2.24) is 20.4 Å². The summed E-state index contributed by atoms with van der Waals surface area (Å²) in [7, 11) is 0. The van der Waals surface area contributed by atoms with Crippen LogP contribution in [0.4, 0.5) is 4.79 Å². The molecule has 138 valence electrons. The number of hydrogen-bond donors (Lipinski definition) is 2. The first kappa shape index (κ1) is 18.6. The highest BCUT2D eigenvalue weighted by Gasteiger charge is 2.19. The first-order valence-electron chi connectivity index (χ1n) is 8.78. The van der Waals surface area contributed by atoms with E-state index in [0.29, 0.717) is 6.54 Å². The molecule has 1 aromatic heterocycles. The van der Waals surface area contributed by atoms with Gasteiger partial charge in [-0.3, -0.25) is 19.9 Å². The summed E-state index contributed by atoms with van der Waals surface area (Å²) < 4.78 is 0. The molecule has 2 N–H and O–H groups in total. The van der Waals surface area contributed by atoms with E-state index in [-0.39, 0.29) is 12.5 Å². The van der Waals surface area contributed by atoms with Gasteiger partial charge >= 0.3 is 6.03 Å². The minimum Gasteiger partial charge on any atom is -0.333 e. The van der Waals surface area contributed by atoms with Crippen LogP contribution in [-0.4, -0.2) is 54.5 Å². The van der Waals surface area contributed by atoms with Gasteiger partial charge in [-0.2, -0.15) is 0 Å². The number of hydrogen-bond acceptors (Lipinski definition) is 5. The van der Waals surface area contributed by atoms with Gasteiger partial charge in [0.05, 0.1) is 13.1 Å². The fourth-order valence-electron chi connectivity index (χ4n) is 2.94. The van der Waals surface area contributed by atoms with Crippen LogP contribution in [0.5, 0.6) is 0 Å². The first-order chi connectivity index (χ1) is 12.7. The SMILES string of the molecule is O=C(CN1CCN(Cc2ccccc2)CC1)NC(=O)NCc1cccs1. The average Bonchev–Trinajstić information content (AvgIpc) is 3.16. The second-order valence-electron chi connectivity index (χ2n) is 6.35. The lowest BCUT2D eigenvalue weighted by atomic mass is 10.2. The number of rotatable bonds is 6. The van der Waals surface area contributed by atoms with Gasteiger partial charge < -0.3 is 5.32 Å². The lowest BCUT2D eigenvalue weighted by Gasteiger charge is -2.34. The lowest BCUT2D eigenvalue weighted by molar-refractivity contribution is -0.121. The maximum absolute atomic E-state index is 12.0. The third-order valence-electron chi connectivity index (χ3n) is 4.34. The summed E-state index contributed by atoms with van der Waals surface area (Å²) in [6, 6.07) is 13.8. The molecule has 26 heavy (non-hydrogen) atoms. The van der Waals surface area contributed by atoms with Gasteiger partial charge in [0.25, 0.3) is 0 Å². The zero-order valence-corrected chi connectivity index (χ0v) is 15.5. The number of carbonyl (C=O) groups excluding carboxylic acids is 2. The molecule has 0 aliphatic carbocycles. The number of nitrogens with one attached hydrogen (secondary N) is 2. The molecule has 0 spiro atoms. The van der Waals surface area contributed by atoms with Crippen molar-refractivity contribution in [3.63, 3.8) is 0 Å². The second-order valence-corrected chi connectivity index (χ2v) is 7.38. The quantitative estimate of drug-likeness (QED) is 0.813. The number of nitrogens with zero attached hydrogens (tertiary/aromatic N) is 2. The van der Waals surface area contributed by atoms with E-state index >= 15 is 0 Å². The largest absolute Gasteiger partial charge is 0.333 e. The first-order valence-corrected chi connectivity index (χ1v) is 9.66. The third-order valence-corrected chi connectivity index (χ3v) is 5.21. The molecule has 7 heteroatoms. The third kappa shape index (κ3) is 5.94. The topological polar surface area (TPSA) is 64.7 Å². The van der Waals surface area contributed by atoms with E-state index in [4.69, 9.17) is 0 Å². The minimum atomic E-state index is -0.439. The summed E-state index contributed by atoms with van der Waals surface area (Å²) in [4.78, 5) is 29.3. The Balaban J connectivity index is 1.33. The predicted octanol–water partition coefficient (Wildman–Crippen LogP) is 1.89. The Hall–Kier alpha value is -2.22. The Morgan fingerprint density at radius 1 is 0.962 bits per heavy atom. The van der Waals surface area contributed by atoms with E-state index < -0.39 is 6.03 Å². The van der Waals surface area contributed by atoms with E-state index in [9.17, 15) is 9.59 Å². The molecule has 0 unspecified atom stereocenters. The fourth-order valence-corrected chi connectivity index (χ4v) is 3.59. The molecule has 0 saturated carbocycles. The average molecular weight is 372 g/mol. The van der Waals surface area contributed by atoms with Crippen LogP contribution in [0.25, 0.3) is 0 Å². The highest BCUT2D eigenvalue weighted by molar-refractivity contribution is 7.09. The van der Waals surface area contributed by atoms with Gasteiger partial charge in [-0.1, -0.05) is 36.4 Å². The number of amides is 3. The van der Waals surface area contributed by atoms with Crippen molar-refractivity contribution in [2.45, 2.75) is 13.1 Å². The highest BCUT2D eigenvalue weighted by atomic mass is 32.1. The molecule has 6 nitrogen and oxygen atoms in total. The molecule has 0 radical (unpaired) electrons. The summed E-state index contributed by atoms with van der Waals surface area (Å²) in [5.74, 6) is -0.259. The van der Waals surface area contributed by atoms with Crippen LogP contribution in [0.15, 0.2) is 47.8 Å². The van der Waals surface area contributed by atoms with E-state index in [0.717, 1.165) is 37.6 Å². The number of urea groups is 1. The van der Waals surface area contributed by atoms with Crippen molar-refractivity contribution in [2.24, 2.45) is 0 Å². The van der Waals surface area contributed by atoms with Crippen LogP contribution in [0.2, 0.25) is 0 Å². The maximum atomic E-state index is 12.0. The Bertz CT molecular complexity index is 698. The molecule has 1 saturated heterocycles. The van der Waals surface area contributed by atoms with Crippen LogP contribution in [0.3, 0.4) is 0 Å². The number of benzene rings is 1. The van der Waals surface area contributed by atoms with Crippen molar-refractivity contribution in [3.05, 3.63) is 58.3 Å². The van der Waals surface area contributed by atoms with Gasteiger partial charge in [-0.15, -0.1) is 11.3 Å². The normalized spacial score (nSPS) is 15.5. The lowest BCUT2D eigenvalue weighted by Crippen LogP contribution is -2.50. The van der Waals surface area contributed by atoms with Crippen molar-refractivity contribution in [2.75, 3.05) is 32.7 Å². The summed E-state index contributed by atoms with van der Waals surface area (Å²) >= 11 is 1.57. The van der Waals surface area contributed by atoms with Crippen LogP contribution >= 0.6 is 11.3 Å². The van der Waals surface area contributed by atoms with Gasteiger partial charge in [0.1, 0.15) is 0 Å². The number of thiophene rings is 1. The van der Waals surface area contributed by atoms with E-state index in [1.807, 2.05) is 23.6 Å². The molecule has 1 aliphatic rings. The Morgan fingerprint density at radius 3 is 2.38 bits per heavy atom. The molecule has 2 heterocycles. The maximum Gasteiger partial charge on any atom is 0.321 e. The molecule has 1 aromatic carbocycles. The molecule has 1 aliphatic heterocycles. The molecular weight excluding hydrogens is 348 g/mol. The summed E-state index contributed by atoms with van der Waals surface area (Å²) in [5, 5.41) is 7.06. The van der Waals surface area contributed by atoms with Gasteiger partial charge in [0, 0.05) is 37.6 Å². The smallest absolute Gasteiger partial charge is 0.321 e. The van der Waals surface area contributed by atoms with E-state index in [1.165, 1.54) is 5.56 Å². The van der Waals surface area contributed by atoms with E-state index in [2.05, 4.69) is 44.7 Å². The van der Waals surface area contributed by atoms with Crippen LogP contribution < -0.4 is 10.6 Å². The summed E-state index contributed by atoms with van der Waals surface area (Å²) in [6.07, 6.45) is 0. The zero-order valence-electron chi connectivity index (χ0n) is 14.7. The fraction of sp³-hybridized carbons (Fsp3) is 0.368. The van der Waals surface area contributed by atoms with Crippen LogP contribution in [-0.2, 0) is 17.9 Å². The molecule has 3 amide bonds. The minimum absolute atomic E-state index is 0.256. The summed E-state index contributed by atoms with van der Waals surface area (Å²) in [6.45, 7) is 5.14. The van der Waals surface area contributed by atoms with Crippen molar-refractivity contribution in [3.8, 4) is 0 Å². The molecule has 2 aromatic rings. The molecule has 3 rings (SSSR count). The Labute approximate surface area is 157 Å². The molecular formula is C19H24N4O2S. The van der Waals surface area contributed by atoms with Gasteiger partial charge in [0.2, 0.25) is 5.91 Å². The standard InChI is InChI=1S/C19H24N4O2S/c24-18(21-19(25)20-13-17-7-4-12-26-17)15-23-10-8-22(9-11-23)14-16-5-2-1-3-6-16/h1-7,12H,8-11,13-15H2,(H2,20,21,24,25). The van der Waals surface area contributed by atoms with Crippen molar-refractivity contribution in [1.29, 1.82) is 0 Å². The number of carbonyl (C=O) groups is 2. The second kappa shape index (κ2) is 9.47. The van der Waals surface area contributed by atoms with Gasteiger partial charge in [-0.05, 0) is 17.0 Å². The highest BCUT2D eigenvalue weighted by Crippen LogP contribution is 2.08. The molecule has 0 bridgehead atoms. The predicted molar refractivity (Wildman–Crippen MR) is 103 cm³/mol. The van der Waals surface area contributed by atoms with Gasteiger partial charge in [-0.25, -0.2) is 4.79 Å². The summed E-state index contributed by atoms with van der Waals surface area (Å²) in [5.41, 5.74) is 1.31. The number of imide groups is 1. The monoisotopic (exact) mass is 372 g/mol. The van der Waals surface area contributed by atoms with Gasteiger partial charge in [0.15, 0.2) is 0 Å². The number of piperazine rings is 1. The van der Waals surface area contributed by atoms with E-state index in [1.54, 1.807) is 11.3 Å². The van der Waals surface area contributed by atoms with Crippen molar-refractivity contribution < 1.29 is 9.59 Å². The van der Waals surface area contributed by atoms with Crippen LogP contribution in [0.1, 0.15) is 10.4 Å².